The van der Waals surface area contributed by atoms with Gasteiger partial charge in [0.2, 0.25) is 0 Å². The molecule has 7 nitrogen and oxygen atoms in total. The Morgan fingerprint density at radius 2 is 1.80 bits per heavy atom. The number of hydrogen-bond acceptors (Lipinski definition) is 7. The van der Waals surface area contributed by atoms with Gasteiger partial charge in [0.15, 0.2) is 6.23 Å². The molecule has 0 amide bonds. The Morgan fingerprint density at radius 3 is 2.47 bits per heavy atom. The van der Waals surface area contributed by atoms with Gasteiger partial charge in [-0.1, -0.05) is 23.9 Å². The Labute approximate surface area is 176 Å². The summed E-state index contributed by atoms with van der Waals surface area (Å²) in [7, 11) is 1.58. The third-order valence-corrected chi connectivity index (χ3v) is 6.25. The van der Waals surface area contributed by atoms with Crippen molar-refractivity contribution in [3.63, 3.8) is 0 Å². The SMILES string of the molecule is COc1ccc(Sc2cn([C@@H]3O[C@H](CO)[C@@H](O)[C@H](O)[C@H]3O)c3c(F)cccc23)cc1. The molecule has 0 radical (unpaired) electrons. The number of ether oxygens (including phenoxy) is 2. The molecular weight excluding hydrogens is 413 g/mol. The molecule has 4 rings (SSSR count). The number of fused-ring (bicyclic) bond motifs is 1. The average molecular weight is 435 g/mol. The maximum Gasteiger partial charge on any atom is 0.163 e. The first-order valence-electron chi connectivity index (χ1n) is 9.36. The van der Waals surface area contributed by atoms with E-state index < -0.39 is 43.1 Å². The molecule has 0 saturated carbocycles. The van der Waals surface area contributed by atoms with Crippen LogP contribution in [0.25, 0.3) is 10.9 Å². The van der Waals surface area contributed by atoms with Gasteiger partial charge in [-0.3, -0.25) is 0 Å². The van der Waals surface area contributed by atoms with Crippen LogP contribution in [0, 0.1) is 5.82 Å². The second-order valence-electron chi connectivity index (χ2n) is 7.03. The van der Waals surface area contributed by atoms with E-state index in [1.165, 1.54) is 22.4 Å². The van der Waals surface area contributed by atoms with Crippen LogP contribution in [0.15, 0.2) is 58.5 Å². The molecule has 1 aromatic heterocycles. The van der Waals surface area contributed by atoms with Crippen LogP contribution in [-0.2, 0) is 4.74 Å². The van der Waals surface area contributed by atoms with Crippen LogP contribution < -0.4 is 4.74 Å². The molecule has 2 heterocycles. The highest BCUT2D eigenvalue weighted by Crippen LogP contribution is 2.40. The zero-order valence-corrected chi connectivity index (χ0v) is 16.9. The molecule has 9 heteroatoms. The number of aliphatic hydroxyl groups is 4. The van der Waals surface area contributed by atoms with E-state index in [0.29, 0.717) is 16.0 Å². The van der Waals surface area contributed by atoms with Gasteiger partial charge >= 0.3 is 0 Å². The quantitative estimate of drug-likeness (QED) is 0.485. The maximum atomic E-state index is 14.8. The first kappa shape index (κ1) is 21.1. The molecule has 0 unspecified atom stereocenters. The Kier molecular flexibility index (Phi) is 6.01. The van der Waals surface area contributed by atoms with Crippen molar-refractivity contribution >= 4 is 22.7 Å². The zero-order valence-electron chi connectivity index (χ0n) is 16.1. The lowest BCUT2D eigenvalue weighted by molar-refractivity contribution is -0.250. The summed E-state index contributed by atoms with van der Waals surface area (Å²) in [6.45, 7) is -0.559. The monoisotopic (exact) mass is 435 g/mol. The summed E-state index contributed by atoms with van der Waals surface area (Å²) in [5.74, 6) is 0.195. The molecular formula is C21H22FNO6S. The van der Waals surface area contributed by atoms with E-state index in [2.05, 4.69) is 0 Å². The summed E-state index contributed by atoms with van der Waals surface area (Å²) < 4.78 is 27.0. The van der Waals surface area contributed by atoms with Crippen LogP contribution >= 0.6 is 11.8 Å². The number of rotatable bonds is 5. The predicted octanol–water partition coefficient (Wildman–Crippen LogP) is 1.91. The number of halogens is 1. The van der Waals surface area contributed by atoms with E-state index in [4.69, 9.17) is 9.47 Å². The largest absolute Gasteiger partial charge is 0.497 e. The van der Waals surface area contributed by atoms with Crippen molar-refractivity contribution in [3.05, 3.63) is 54.5 Å². The molecule has 0 aliphatic carbocycles. The normalized spacial score (nSPS) is 26.8. The molecule has 4 N–H and O–H groups in total. The molecule has 0 spiro atoms. The van der Waals surface area contributed by atoms with E-state index in [1.807, 2.05) is 24.3 Å². The van der Waals surface area contributed by atoms with Gasteiger partial charge in [0.25, 0.3) is 0 Å². The van der Waals surface area contributed by atoms with E-state index in [9.17, 15) is 24.8 Å². The molecule has 30 heavy (non-hydrogen) atoms. The maximum absolute atomic E-state index is 14.8. The summed E-state index contributed by atoms with van der Waals surface area (Å²) in [6.07, 6.45) is -5.20. The molecule has 1 fully saturated rings. The fraction of sp³-hybridized carbons (Fsp3) is 0.333. The van der Waals surface area contributed by atoms with Gasteiger partial charge in [-0.2, -0.15) is 0 Å². The Morgan fingerprint density at radius 1 is 1.07 bits per heavy atom. The van der Waals surface area contributed by atoms with Crippen LogP contribution in [0.2, 0.25) is 0 Å². The van der Waals surface area contributed by atoms with Crippen molar-refractivity contribution < 1.29 is 34.3 Å². The summed E-state index contributed by atoms with van der Waals surface area (Å²) >= 11 is 1.40. The third kappa shape index (κ3) is 3.68. The first-order valence-corrected chi connectivity index (χ1v) is 10.2. The van der Waals surface area contributed by atoms with E-state index in [0.717, 1.165) is 4.90 Å². The minimum absolute atomic E-state index is 0.192. The standard InChI is InChI=1S/C21H22FNO6S/c1-28-11-5-7-12(8-6-11)30-16-9-23(17-13(16)3-2-4-14(17)22)21-20(27)19(26)18(25)15(10-24)29-21/h2-9,15,18-21,24-27H,10H2,1H3/t15-,18-,19+,20-,21-/m1/s1. The molecule has 3 aromatic rings. The first-order chi connectivity index (χ1) is 14.4. The van der Waals surface area contributed by atoms with Crippen molar-refractivity contribution in [1.29, 1.82) is 0 Å². The van der Waals surface area contributed by atoms with Crippen molar-refractivity contribution in [2.24, 2.45) is 0 Å². The second-order valence-corrected chi connectivity index (χ2v) is 8.15. The minimum atomic E-state index is -1.55. The number of benzene rings is 2. The fourth-order valence-electron chi connectivity index (χ4n) is 3.60. The van der Waals surface area contributed by atoms with Gasteiger partial charge in [-0.05, 0) is 30.3 Å². The van der Waals surface area contributed by atoms with Gasteiger partial charge < -0.3 is 34.5 Å². The van der Waals surface area contributed by atoms with Gasteiger partial charge in [-0.15, -0.1) is 0 Å². The van der Waals surface area contributed by atoms with Crippen molar-refractivity contribution in [2.75, 3.05) is 13.7 Å². The smallest absolute Gasteiger partial charge is 0.163 e. The Bertz CT molecular complexity index is 1020. The summed E-state index contributed by atoms with van der Waals surface area (Å²) in [5.41, 5.74) is 0.192. The molecule has 2 aromatic carbocycles. The number of hydrogen-bond donors (Lipinski definition) is 4. The molecule has 0 bridgehead atoms. The highest BCUT2D eigenvalue weighted by molar-refractivity contribution is 7.99. The second kappa shape index (κ2) is 8.54. The minimum Gasteiger partial charge on any atom is -0.497 e. The predicted molar refractivity (Wildman–Crippen MR) is 108 cm³/mol. The lowest BCUT2D eigenvalue weighted by atomic mass is 9.98. The van der Waals surface area contributed by atoms with Crippen LogP contribution in [0.4, 0.5) is 4.39 Å². The third-order valence-electron chi connectivity index (χ3n) is 5.20. The van der Waals surface area contributed by atoms with Crippen LogP contribution in [0.5, 0.6) is 5.75 Å². The topological polar surface area (TPSA) is 104 Å². The van der Waals surface area contributed by atoms with Crippen LogP contribution in [-0.4, -0.2) is 63.1 Å². The number of nitrogens with zero attached hydrogens (tertiary/aromatic N) is 1. The van der Waals surface area contributed by atoms with Gasteiger partial charge in [-0.25, -0.2) is 4.39 Å². The van der Waals surface area contributed by atoms with Crippen molar-refractivity contribution in [1.82, 2.24) is 4.57 Å². The number of aromatic nitrogens is 1. The molecule has 160 valence electrons. The lowest BCUT2D eigenvalue weighted by Gasteiger charge is -2.40. The van der Waals surface area contributed by atoms with Crippen LogP contribution in [0.3, 0.4) is 0 Å². The highest BCUT2D eigenvalue weighted by Gasteiger charge is 2.44. The van der Waals surface area contributed by atoms with E-state index >= 15 is 0 Å². The number of aliphatic hydroxyl groups excluding tert-OH is 4. The van der Waals surface area contributed by atoms with Gasteiger partial charge in [0, 0.05) is 21.4 Å². The van der Waals surface area contributed by atoms with Gasteiger partial charge in [0.1, 0.15) is 36.0 Å². The summed E-state index contributed by atoms with van der Waals surface area (Å²) in [5, 5.41) is 40.8. The lowest BCUT2D eigenvalue weighted by Crippen LogP contribution is -2.56. The Balaban J connectivity index is 1.76. The molecule has 1 aliphatic heterocycles. The molecule has 1 saturated heterocycles. The van der Waals surface area contributed by atoms with Crippen molar-refractivity contribution in [2.45, 2.75) is 40.4 Å². The van der Waals surface area contributed by atoms with Crippen molar-refractivity contribution in [3.8, 4) is 5.75 Å². The highest BCUT2D eigenvalue weighted by atomic mass is 32.2. The van der Waals surface area contributed by atoms with E-state index in [-0.39, 0.29) is 5.52 Å². The number of methoxy groups -OCH3 is 1. The fourth-order valence-corrected chi connectivity index (χ4v) is 4.57. The summed E-state index contributed by atoms with van der Waals surface area (Å²) in [4.78, 5) is 1.61. The summed E-state index contributed by atoms with van der Waals surface area (Å²) in [6, 6.07) is 12.0. The Hall–Kier alpha value is -2.14. The zero-order chi connectivity index (χ0) is 21.4. The molecule has 1 aliphatic rings. The van der Waals surface area contributed by atoms with Crippen LogP contribution in [0.1, 0.15) is 6.23 Å². The van der Waals surface area contributed by atoms with E-state index in [1.54, 1.807) is 25.4 Å². The average Bonchev–Trinajstić information content (AvgIpc) is 3.12. The number of para-hydroxylation sites is 1. The van der Waals surface area contributed by atoms with Gasteiger partial charge in [0.05, 0.1) is 19.2 Å². The molecule has 5 atom stereocenters.